The molecule has 1 saturated carbocycles. The third-order valence-corrected chi connectivity index (χ3v) is 5.38. The van der Waals surface area contributed by atoms with Crippen molar-refractivity contribution in [2.45, 2.75) is 59.3 Å². The van der Waals surface area contributed by atoms with Gasteiger partial charge in [-0.15, -0.1) is 0 Å². The molecule has 3 heteroatoms. The minimum absolute atomic E-state index is 0.191. The molecule has 1 aromatic carbocycles. The van der Waals surface area contributed by atoms with Crippen LogP contribution in [0.1, 0.15) is 57.9 Å². The van der Waals surface area contributed by atoms with Crippen LogP contribution < -0.4 is 5.32 Å². The highest BCUT2D eigenvalue weighted by molar-refractivity contribution is 5.98. The van der Waals surface area contributed by atoms with Gasteiger partial charge in [0, 0.05) is 10.8 Å². The van der Waals surface area contributed by atoms with Gasteiger partial charge >= 0.3 is 0 Å². The predicted molar refractivity (Wildman–Crippen MR) is 100 cm³/mol. The first-order valence-corrected chi connectivity index (χ1v) is 9.18. The highest BCUT2D eigenvalue weighted by Gasteiger charge is 2.39. The van der Waals surface area contributed by atoms with Gasteiger partial charge in [-0.25, -0.2) is 0 Å². The molecule has 0 bridgehead atoms. The van der Waals surface area contributed by atoms with Gasteiger partial charge in [-0.05, 0) is 43.7 Å². The summed E-state index contributed by atoms with van der Waals surface area (Å²) in [7, 11) is 0. The summed E-state index contributed by atoms with van der Waals surface area (Å²) in [6.07, 6.45) is 8.38. The SMILES string of the molecule is Cc1c(NC(=O)C2(CC(C)C)CCCCC2)cnc2ccccc12. The molecule has 0 saturated heterocycles. The Morgan fingerprint density at radius 1 is 1.21 bits per heavy atom. The van der Waals surface area contributed by atoms with Gasteiger partial charge < -0.3 is 5.32 Å². The molecule has 0 spiro atoms. The summed E-state index contributed by atoms with van der Waals surface area (Å²) >= 11 is 0. The molecule has 1 aliphatic carbocycles. The fraction of sp³-hybridized carbons (Fsp3) is 0.524. The van der Waals surface area contributed by atoms with Crippen LogP contribution in [-0.4, -0.2) is 10.9 Å². The standard InChI is InChI=1S/C21H28N2O/c1-15(2)13-21(11-7-4-8-12-21)20(24)23-19-14-22-18-10-6-5-9-17(18)16(19)3/h5-6,9-10,14-15H,4,7-8,11-13H2,1-3H3,(H,23,24). The second-order valence-corrected chi connectivity index (χ2v) is 7.71. The quantitative estimate of drug-likeness (QED) is 0.809. The first kappa shape index (κ1) is 16.9. The van der Waals surface area contributed by atoms with Crippen molar-refractivity contribution >= 4 is 22.5 Å². The molecule has 3 nitrogen and oxygen atoms in total. The maximum Gasteiger partial charge on any atom is 0.230 e. The monoisotopic (exact) mass is 324 g/mol. The molecule has 0 unspecified atom stereocenters. The van der Waals surface area contributed by atoms with Gasteiger partial charge in [0.15, 0.2) is 0 Å². The maximum atomic E-state index is 13.2. The van der Waals surface area contributed by atoms with Crippen molar-refractivity contribution in [3.8, 4) is 0 Å². The largest absolute Gasteiger partial charge is 0.324 e. The van der Waals surface area contributed by atoms with Crippen molar-refractivity contribution in [2.75, 3.05) is 5.32 Å². The highest BCUT2D eigenvalue weighted by Crippen LogP contribution is 2.42. The van der Waals surface area contributed by atoms with E-state index < -0.39 is 0 Å². The smallest absolute Gasteiger partial charge is 0.230 e. The summed E-state index contributed by atoms with van der Waals surface area (Å²) in [4.78, 5) is 17.7. The van der Waals surface area contributed by atoms with E-state index in [4.69, 9.17) is 0 Å². The number of rotatable bonds is 4. The lowest BCUT2D eigenvalue weighted by atomic mass is 9.68. The van der Waals surface area contributed by atoms with Gasteiger partial charge in [0.2, 0.25) is 5.91 Å². The van der Waals surface area contributed by atoms with E-state index in [0.717, 1.165) is 54.3 Å². The summed E-state index contributed by atoms with van der Waals surface area (Å²) in [6, 6.07) is 8.09. The normalized spacial score (nSPS) is 17.2. The summed E-state index contributed by atoms with van der Waals surface area (Å²) in [6.45, 7) is 6.49. The van der Waals surface area contributed by atoms with Crippen molar-refractivity contribution < 1.29 is 4.79 Å². The van der Waals surface area contributed by atoms with Crippen LogP contribution in [0.3, 0.4) is 0 Å². The van der Waals surface area contributed by atoms with Crippen molar-refractivity contribution in [3.05, 3.63) is 36.0 Å². The molecule has 3 rings (SSSR count). The van der Waals surface area contributed by atoms with Gasteiger partial charge in [-0.3, -0.25) is 9.78 Å². The van der Waals surface area contributed by atoms with Crippen LogP contribution >= 0.6 is 0 Å². The van der Waals surface area contributed by atoms with Gasteiger partial charge in [0.25, 0.3) is 0 Å². The molecule has 1 N–H and O–H groups in total. The summed E-state index contributed by atoms with van der Waals surface area (Å²) in [5, 5.41) is 4.33. The fourth-order valence-electron chi connectivity index (χ4n) is 4.19. The van der Waals surface area contributed by atoms with Gasteiger partial charge in [0.05, 0.1) is 17.4 Å². The lowest BCUT2D eigenvalue weighted by Gasteiger charge is -2.37. The number of pyridine rings is 1. The second kappa shape index (κ2) is 6.92. The zero-order valence-corrected chi connectivity index (χ0v) is 15.1. The van der Waals surface area contributed by atoms with Crippen LogP contribution in [0.4, 0.5) is 5.69 Å². The molecule has 2 aromatic rings. The molecular formula is C21H28N2O. The van der Waals surface area contributed by atoms with Crippen LogP contribution in [0, 0.1) is 18.3 Å². The summed E-state index contributed by atoms with van der Waals surface area (Å²) in [5.74, 6) is 0.723. The number of carbonyl (C=O) groups is 1. The Bertz CT molecular complexity index is 730. The number of aryl methyl sites for hydroxylation is 1. The Labute approximate surface area is 144 Å². The van der Waals surface area contributed by atoms with Crippen LogP contribution in [0.15, 0.2) is 30.5 Å². The topological polar surface area (TPSA) is 42.0 Å². The van der Waals surface area contributed by atoms with Crippen LogP contribution in [0.25, 0.3) is 10.9 Å². The molecule has 0 radical (unpaired) electrons. The van der Waals surface area contributed by atoms with Gasteiger partial charge in [-0.2, -0.15) is 0 Å². The highest BCUT2D eigenvalue weighted by atomic mass is 16.2. The average Bonchev–Trinajstić information content (AvgIpc) is 2.58. The molecule has 128 valence electrons. The zero-order valence-electron chi connectivity index (χ0n) is 15.1. The Morgan fingerprint density at radius 2 is 1.92 bits per heavy atom. The van der Waals surface area contributed by atoms with E-state index >= 15 is 0 Å². The molecule has 1 amide bonds. The molecule has 24 heavy (non-hydrogen) atoms. The number of aromatic nitrogens is 1. The van der Waals surface area contributed by atoms with E-state index in [1.165, 1.54) is 6.42 Å². The van der Waals surface area contributed by atoms with Crippen molar-refractivity contribution in [1.82, 2.24) is 4.98 Å². The van der Waals surface area contributed by atoms with Gasteiger partial charge in [0.1, 0.15) is 0 Å². The Hall–Kier alpha value is -1.90. The maximum absolute atomic E-state index is 13.2. The number of carbonyl (C=O) groups excluding carboxylic acids is 1. The minimum Gasteiger partial charge on any atom is -0.324 e. The molecule has 1 aliphatic rings. The van der Waals surface area contributed by atoms with E-state index in [9.17, 15) is 4.79 Å². The Morgan fingerprint density at radius 3 is 2.62 bits per heavy atom. The lowest BCUT2D eigenvalue weighted by Crippen LogP contribution is -2.39. The molecule has 0 atom stereocenters. The zero-order chi connectivity index (χ0) is 17.2. The van der Waals surface area contributed by atoms with Crippen LogP contribution in [0.5, 0.6) is 0 Å². The number of benzene rings is 1. The predicted octanol–water partition coefficient (Wildman–Crippen LogP) is 5.48. The first-order chi connectivity index (χ1) is 11.5. The third kappa shape index (κ3) is 3.31. The minimum atomic E-state index is -0.204. The average molecular weight is 324 g/mol. The molecule has 1 fully saturated rings. The van der Waals surface area contributed by atoms with Crippen LogP contribution in [-0.2, 0) is 4.79 Å². The number of anilines is 1. The number of nitrogens with zero attached hydrogens (tertiary/aromatic N) is 1. The summed E-state index contributed by atoms with van der Waals surface area (Å²) in [5.41, 5.74) is 2.73. The number of fused-ring (bicyclic) bond motifs is 1. The molecule has 1 aromatic heterocycles. The first-order valence-electron chi connectivity index (χ1n) is 9.18. The number of nitrogens with one attached hydrogen (secondary N) is 1. The van der Waals surface area contributed by atoms with E-state index in [1.807, 2.05) is 24.4 Å². The second-order valence-electron chi connectivity index (χ2n) is 7.71. The number of amides is 1. The molecule has 1 heterocycles. The number of para-hydroxylation sites is 1. The van der Waals surface area contributed by atoms with Crippen molar-refractivity contribution in [2.24, 2.45) is 11.3 Å². The van der Waals surface area contributed by atoms with E-state index in [1.54, 1.807) is 0 Å². The Balaban J connectivity index is 1.88. The molecular weight excluding hydrogens is 296 g/mol. The van der Waals surface area contributed by atoms with Gasteiger partial charge in [-0.1, -0.05) is 51.3 Å². The fourth-order valence-corrected chi connectivity index (χ4v) is 4.19. The third-order valence-electron chi connectivity index (χ3n) is 5.38. The van der Waals surface area contributed by atoms with E-state index in [0.29, 0.717) is 5.92 Å². The summed E-state index contributed by atoms with van der Waals surface area (Å²) < 4.78 is 0. The van der Waals surface area contributed by atoms with Crippen LogP contribution in [0.2, 0.25) is 0 Å². The van der Waals surface area contributed by atoms with E-state index in [-0.39, 0.29) is 11.3 Å². The lowest BCUT2D eigenvalue weighted by molar-refractivity contribution is -0.128. The van der Waals surface area contributed by atoms with E-state index in [2.05, 4.69) is 37.1 Å². The number of hydrogen-bond donors (Lipinski definition) is 1. The Kier molecular flexibility index (Phi) is 4.88. The number of hydrogen-bond acceptors (Lipinski definition) is 2. The van der Waals surface area contributed by atoms with Crippen molar-refractivity contribution in [3.63, 3.8) is 0 Å². The van der Waals surface area contributed by atoms with Crippen molar-refractivity contribution in [1.29, 1.82) is 0 Å². The molecule has 0 aliphatic heterocycles.